The molecule has 7 heteroatoms. The Morgan fingerprint density at radius 1 is 1.33 bits per heavy atom. The second-order valence-corrected chi connectivity index (χ2v) is 3.54. The zero-order chi connectivity index (χ0) is 12.8. The van der Waals surface area contributed by atoms with Gasteiger partial charge < -0.3 is 14.6 Å². The highest BCUT2D eigenvalue weighted by Gasteiger charge is 2.43. The summed E-state index contributed by atoms with van der Waals surface area (Å²) in [6, 6.07) is 4.22. The number of rotatable bonds is 2. The monoisotopic (exact) mass is 252 g/mol. The standard InChI is InChI=1S/C11H6F2N2O3/c12-11(13)17-8-2-1-7(5-9(8)18-11)15-4-3-14-10(15)6-16/h1-2,5,16H,6H2. The molecule has 18 heavy (non-hydrogen) atoms. The van der Waals surface area contributed by atoms with Crippen molar-refractivity contribution in [3.05, 3.63) is 36.4 Å². The summed E-state index contributed by atoms with van der Waals surface area (Å²) in [5.74, 6) is 0.169. The van der Waals surface area contributed by atoms with Crippen LogP contribution in [0.25, 0.3) is 5.69 Å². The van der Waals surface area contributed by atoms with Crippen molar-refractivity contribution in [2.45, 2.75) is 12.9 Å². The van der Waals surface area contributed by atoms with Gasteiger partial charge in [0.2, 0.25) is 0 Å². The van der Waals surface area contributed by atoms with Crippen LogP contribution < -0.4 is 9.47 Å². The van der Waals surface area contributed by atoms with Gasteiger partial charge in [0.15, 0.2) is 17.3 Å². The van der Waals surface area contributed by atoms with Crippen molar-refractivity contribution in [1.82, 2.24) is 9.55 Å². The number of hydrogen-bond donors (Lipinski definition) is 1. The Labute approximate surface area is 100 Å². The number of alkyl halides is 2. The number of fused-ring (bicyclic) bond motifs is 1. The first-order chi connectivity index (χ1) is 8.59. The lowest BCUT2D eigenvalue weighted by Crippen LogP contribution is -2.25. The first-order valence-electron chi connectivity index (χ1n) is 4.97. The van der Waals surface area contributed by atoms with Gasteiger partial charge in [-0.2, -0.15) is 4.98 Å². The van der Waals surface area contributed by atoms with Crippen LogP contribution in [0.2, 0.25) is 0 Å². The zero-order valence-electron chi connectivity index (χ0n) is 8.85. The van der Waals surface area contributed by atoms with Gasteiger partial charge in [-0.1, -0.05) is 0 Å². The van der Waals surface area contributed by atoms with E-state index in [4.69, 9.17) is 5.11 Å². The van der Waals surface area contributed by atoms with E-state index < -0.39 is 6.29 Å². The number of halogens is 2. The van der Waals surface area contributed by atoms with Crippen molar-refractivity contribution in [3.8, 4) is 17.2 Å². The van der Waals surface area contributed by atoms with Gasteiger partial charge in [0.1, 0.15) is 6.61 Å². The summed E-state index contributed by atoms with van der Waals surface area (Å²) in [7, 11) is 0. The van der Waals surface area contributed by atoms with Crippen LogP contribution in [0.15, 0.2) is 18.2 Å². The lowest BCUT2D eigenvalue weighted by Gasteiger charge is -2.05. The molecule has 2 heterocycles. The highest BCUT2D eigenvalue weighted by atomic mass is 19.3. The topological polar surface area (TPSA) is 56.5 Å². The molecule has 92 valence electrons. The molecule has 0 saturated heterocycles. The second-order valence-electron chi connectivity index (χ2n) is 3.54. The molecule has 3 rings (SSSR count). The number of benzene rings is 1. The fraction of sp³-hybridized carbons (Fsp3) is 0.182. The van der Waals surface area contributed by atoms with Crippen LogP contribution >= 0.6 is 0 Å². The molecule has 2 aromatic rings. The molecule has 0 atom stereocenters. The molecule has 1 aromatic carbocycles. The van der Waals surface area contributed by atoms with Crippen LogP contribution in [-0.4, -0.2) is 21.0 Å². The van der Waals surface area contributed by atoms with E-state index in [1.165, 1.54) is 22.8 Å². The fourth-order valence-electron chi connectivity index (χ4n) is 1.65. The van der Waals surface area contributed by atoms with Gasteiger partial charge >= 0.3 is 6.29 Å². The average Bonchev–Trinajstić information content (AvgIpc) is 2.88. The number of aromatic nitrogens is 2. The Morgan fingerprint density at radius 2 is 2.11 bits per heavy atom. The number of aliphatic hydroxyl groups is 1. The third kappa shape index (κ3) is 1.63. The van der Waals surface area contributed by atoms with E-state index in [1.807, 2.05) is 0 Å². The summed E-state index contributed by atoms with van der Waals surface area (Å²) in [4.78, 5) is 3.75. The highest BCUT2D eigenvalue weighted by Crippen LogP contribution is 2.41. The molecule has 5 nitrogen and oxygen atoms in total. The number of nitrogens with zero attached hydrogens (tertiary/aromatic N) is 2. The van der Waals surface area contributed by atoms with Crippen LogP contribution in [-0.2, 0) is 6.61 Å². The molecule has 0 saturated carbocycles. The van der Waals surface area contributed by atoms with Crippen LogP contribution in [0.5, 0.6) is 11.5 Å². The van der Waals surface area contributed by atoms with Gasteiger partial charge in [0.25, 0.3) is 0 Å². The molecule has 0 bridgehead atoms. The minimum absolute atomic E-state index is 0.0432. The quantitative estimate of drug-likeness (QED) is 0.874. The summed E-state index contributed by atoms with van der Waals surface area (Å²) >= 11 is 0. The SMILES string of the molecule is OCc1nc#cn1-c1ccc2c(c1)OC(F)(F)O2. The van der Waals surface area contributed by atoms with Gasteiger partial charge in [-0.05, 0) is 12.1 Å². The average molecular weight is 252 g/mol. The molecule has 1 N–H and O–H groups in total. The molecule has 1 aliphatic rings. The number of ether oxygens (including phenoxy) is 2. The van der Waals surface area contributed by atoms with Gasteiger partial charge in [-0.25, -0.2) is 0 Å². The zero-order valence-corrected chi connectivity index (χ0v) is 8.85. The van der Waals surface area contributed by atoms with E-state index in [2.05, 4.69) is 26.9 Å². The molecule has 0 spiro atoms. The van der Waals surface area contributed by atoms with Crippen molar-refractivity contribution in [1.29, 1.82) is 0 Å². The predicted octanol–water partition coefficient (Wildman–Crippen LogP) is 1.29. The van der Waals surface area contributed by atoms with E-state index in [0.717, 1.165) is 0 Å². The first kappa shape index (κ1) is 10.8. The van der Waals surface area contributed by atoms with Crippen LogP contribution in [0, 0.1) is 12.4 Å². The number of hydrogen-bond acceptors (Lipinski definition) is 4. The molecule has 0 fully saturated rings. The summed E-state index contributed by atoms with van der Waals surface area (Å²) < 4.78 is 35.7. The Hall–Kier alpha value is -2.33. The molecule has 0 radical (unpaired) electrons. The summed E-state index contributed by atoms with van der Waals surface area (Å²) in [6.07, 6.45) is 1.41. The lowest BCUT2D eigenvalue weighted by molar-refractivity contribution is -0.286. The molecule has 0 unspecified atom stereocenters. The van der Waals surface area contributed by atoms with Crippen molar-refractivity contribution < 1.29 is 23.4 Å². The molecular formula is C11H6F2N2O3. The van der Waals surface area contributed by atoms with Crippen LogP contribution in [0.3, 0.4) is 0 Å². The Morgan fingerprint density at radius 3 is 2.89 bits per heavy atom. The highest BCUT2D eigenvalue weighted by molar-refractivity contribution is 5.50. The van der Waals surface area contributed by atoms with Gasteiger partial charge in [-0.15, -0.1) is 8.78 Å². The van der Waals surface area contributed by atoms with Gasteiger partial charge in [-0.3, -0.25) is 4.57 Å². The lowest BCUT2D eigenvalue weighted by atomic mass is 10.2. The maximum absolute atomic E-state index is 12.8. The van der Waals surface area contributed by atoms with Crippen LogP contribution in [0.1, 0.15) is 5.82 Å². The van der Waals surface area contributed by atoms with E-state index >= 15 is 0 Å². The third-order valence-electron chi connectivity index (χ3n) is 2.39. The molecular weight excluding hydrogens is 246 g/mol. The van der Waals surface area contributed by atoms with Gasteiger partial charge in [0, 0.05) is 12.3 Å². The minimum atomic E-state index is -3.65. The summed E-state index contributed by atoms with van der Waals surface area (Å²) in [5.41, 5.74) is 0.466. The van der Waals surface area contributed by atoms with Crippen molar-refractivity contribution in [3.63, 3.8) is 0 Å². The van der Waals surface area contributed by atoms with E-state index in [0.29, 0.717) is 11.5 Å². The largest absolute Gasteiger partial charge is 0.586 e. The fourth-order valence-corrected chi connectivity index (χ4v) is 1.65. The Balaban J connectivity index is 2.02. The molecule has 1 aliphatic heterocycles. The maximum Gasteiger partial charge on any atom is 0.586 e. The van der Waals surface area contributed by atoms with Gasteiger partial charge in [0.05, 0.1) is 11.9 Å². The molecule has 0 amide bonds. The predicted molar refractivity (Wildman–Crippen MR) is 53.4 cm³/mol. The van der Waals surface area contributed by atoms with E-state index in [1.54, 1.807) is 0 Å². The third-order valence-corrected chi connectivity index (χ3v) is 2.39. The molecule has 1 aromatic heterocycles. The second kappa shape index (κ2) is 3.58. The Bertz CT molecular complexity index is 598. The minimum Gasteiger partial charge on any atom is -0.395 e. The van der Waals surface area contributed by atoms with Crippen molar-refractivity contribution in [2.75, 3.05) is 0 Å². The maximum atomic E-state index is 12.8. The summed E-state index contributed by atoms with van der Waals surface area (Å²) in [6.45, 7) is -0.315. The Kier molecular flexibility index (Phi) is 2.15. The number of aliphatic hydroxyl groups excluding tert-OH is 1. The van der Waals surface area contributed by atoms with Crippen molar-refractivity contribution >= 4 is 0 Å². The molecule has 0 aliphatic carbocycles. The first-order valence-corrected chi connectivity index (χ1v) is 4.97. The summed E-state index contributed by atoms with van der Waals surface area (Å²) in [5, 5.41) is 9.05. The van der Waals surface area contributed by atoms with E-state index in [-0.39, 0.29) is 18.1 Å². The smallest absolute Gasteiger partial charge is 0.395 e. The van der Waals surface area contributed by atoms with Crippen LogP contribution in [0.4, 0.5) is 8.78 Å². The van der Waals surface area contributed by atoms with E-state index in [9.17, 15) is 8.78 Å². The normalized spacial score (nSPS) is 15.5. The van der Waals surface area contributed by atoms with Crippen molar-refractivity contribution in [2.24, 2.45) is 0 Å².